The molecule has 0 bridgehead atoms. The van der Waals surface area contributed by atoms with Gasteiger partial charge in [0, 0.05) is 3.58 Å². The van der Waals surface area contributed by atoms with Gasteiger partial charge in [0.2, 0.25) is 0 Å². The number of aliphatic hydroxyl groups is 1. The number of halogens is 1. The summed E-state index contributed by atoms with van der Waals surface area (Å²) in [5.41, 5.74) is 1.16. The van der Waals surface area contributed by atoms with Crippen LogP contribution >= 0.6 is 22.6 Å². The van der Waals surface area contributed by atoms with Crippen LogP contribution in [0.4, 0.5) is 0 Å². The van der Waals surface area contributed by atoms with Gasteiger partial charge in [0.25, 0.3) is 0 Å². The number of aliphatic hydroxyl groups excluding tert-OH is 1. The zero-order valence-corrected chi connectivity index (χ0v) is 9.73. The van der Waals surface area contributed by atoms with Crippen molar-refractivity contribution < 1.29 is 5.11 Å². The predicted octanol–water partition coefficient (Wildman–Crippen LogP) is 3.23. The molecule has 13 heavy (non-hydrogen) atoms. The van der Waals surface area contributed by atoms with Crippen molar-refractivity contribution in [1.29, 1.82) is 0 Å². The molecular weight excluding hydrogens is 275 g/mol. The summed E-state index contributed by atoms with van der Waals surface area (Å²) in [6.45, 7) is 1.97. The first-order valence-electron chi connectivity index (χ1n) is 4.35. The van der Waals surface area contributed by atoms with Crippen LogP contribution in [0.25, 0.3) is 3.58 Å². The van der Waals surface area contributed by atoms with Crippen LogP contribution in [0.3, 0.4) is 0 Å². The highest BCUT2D eigenvalue weighted by atomic mass is 127. The average Bonchev–Trinajstić information content (AvgIpc) is 2.19. The third-order valence-electron chi connectivity index (χ3n) is 1.81. The lowest BCUT2D eigenvalue weighted by molar-refractivity contribution is 0.220. The molecule has 0 spiro atoms. The summed E-state index contributed by atoms with van der Waals surface area (Å²) in [6, 6.07) is 10.1. The summed E-state index contributed by atoms with van der Waals surface area (Å²) >= 11 is 2.25. The standard InChI is InChI=1S/C11H13IO/c1-2-10(13)8-11(12)9-6-4-3-5-7-9/h3-8,10,13H,2H2,1H3/b11-8-. The number of hydrogen-bond donors (Lipinski definition) is 1. The third kappa shape index (κ3) is 3.48. The van der Waals surface area contributed by atoms with Crippen LogP contribution < -0.4 is 0 Å². The van der Waals surface area contributed by atoms with E-state index in [9.17, 15) is 5.11 Å². The molecule has 1 aromatic carbocycles. The number of rotatable bonds is 3. The molecule has 70 valence electrons. The SMILES string of the molecule is CCC(O)/C=C(\I)c1ccccc1. The molecular formula is C11H13IO. The van der Waals surface area contributed by atoms with Gasteiger partial charge in [0.15, 0.2) is 0 Å². The molecule has 0 aliphatic heterocycles. The van der Waals surface area contributed by atoms with Crippen molar-refractivity contribution >= 4 is 26.2 Å². The summed E-state index contributed by atoms with van der Waals surface area (Å²) in [5.74, 6) is 0. The first-order valence-corrected chi connectivity index (χ1v) is 5.42. The summed E-state index contributed by atoms with van der Waals surface area (Å²) in [6.07, 6.45) is 2.32. The van der Waals surface area contributed by atoms with E-state index in [4.69, 9.17) is 0 Å². The Morgan fingerprint density at radius 3 is 2.62 bits per heavy atom. The maximum absolute atomic E-state index is 9.41. The van der Waals surface area contributed by atoms with Crippen molar-refractivity contribution in [3.63, 3.8) is 0 Å². The van der Waals surface area contributed by atoms with E-state index in [0.717, 1.165) is 15.6 Å². The van der Waals surface area contributed by atoms with Crippen molar-refractivity contribution in [2.45, 2.75) is 19.4 Å². The molecule has 0 radical (unpaired) electrons. The summed E-state index contributed by atoms with van der Waals surface area (Å²) < 4.78 is 1.10. The Bertz CT molecular complexity index is 279. The van der Waals surface area contributed by atoms with Gasteiger partial charge in [-0.15, -0.1) is 0 Å². The molecule has 0 aliphatic rings. The van der Waals surface area contributed by atoms with Crippen LogP contribution in [0.1, 0.15) is 18.9 Å². The molecule has 0 aliphatic carbocycles. The fourth-order valence-corrected chi connectivity index (χ4v) is 1.76. The Kier molecular flexibility index (Phi) is 4.45. The molecule has 0 aromatic heterocycles. The van der Waals surface area contributed by atoms with Gasteiger partial charge in [-0.05, 0) is 40.7 Å². The summed E-state index contributed by atoms with van der Waals surface area (Å²) in [4.78, 5) is 0. The van der Waals surface area contributed by atoms with Crippen LogP contribution in [-0.2, 0) is 0 Å². The molecule has 0 fully saturated rings. The molecule has 2 heteroatoms. The van der Waals surface area contributed by atoms with Crippen LogP contribution in [0, 0.1) is 0 Å². The first-order chi connectivity index (χ1) is 6.24. The molecule has 1 nitrogen and oxygen atoms in total. The Morgan fingerprint density at radius 1 is 1.46 bits per heavy atom. The van der Waals surface area contributed by atoms with E-state index in [1.54, 1.807) is 0 Å². The topological polar surface area (TPSA) is 20.2 Å². The fraction of sp³-hybridized carbons (Fsp3) is 0.273. The van der Waals surface area contributed by atoms with E-state index in [0.29, 0.717) is 0 Å². The van der Waals surface area contributed by atoms with Gasteiger partial charge < -0.3 is 5.11 Å². The zero-order chi connectivity index (χ0) is 9.68. The van der Waals surface area contributed by atoms with Crippen LogP contribution in [0.5, 0.6) is 0 Å². The highest BCUT2D eigenvalue weighted by molar-refractivity contribution is 14.1. The largest absolute Gasteiger partial charge is 0.389 e. The quantitative estimate of drug-likeness (QED) is 0.847. The van der Waals surface area contributed by atoms with Crippen molar-refractivity contribution in [2.24, 2.45) is 0 Å². The highest BCUT2D eigenvalue weighted by Gasteiger charge is 1.99. The zero-order valence-electron chi connectivity index (χ0n) is 7.57. The highest BCUT2D eigenvalue weighted by Crippen LogP contribution is 2.22. The second kappa shape index (κ2) is 5.40. The van der Waals surface area contributed by atoms with Gasteiger partial charge in [-0.3, -0.25) is 0 Å². The molecule has 1 rings (SSSR count). The Morgan fingerprint density at radius 2 is 2.08 bits per heavy atom. The van der Waals surface area contributed by atoms with E-state index in [1.165, 1.54) is 0 Å². The lowest BCUT2D eigenvalue weighted by Crippen LogP contribution is -1.98. The maximum Gasteiger partial charge on any atom is 0.0731 e. The minimum absolute atomic E-state index is 0.327. The van der Waals surface area contributed by atoms with Gasteiger partial charge in [-0.2, -0.15) is 0 Å². The molecule has 1 aromatic rings. The average molecular weight is 288 g/mol. The van der Waals surface area contributed by atoms with Crippen molar-refractivity contribution in [3.05, 3.63) is 42.0 Å². The number of benzene rings is 1. The van der Waals surface area contributed by atoms with Crippen molar-refractivity contribution in [1.82, 2.24) is 0 Å². The van der Waals surface area contributed by atoms with E-state index in [-0.39, 0.29) is 6.10 Å². The van der Waals surface area contributed by atoms with Crippen molar-refractivity contribution in [3.8, 4) is 0 Å². The van der Waals surface area contributed by atoms with E-state index < -0.39 is 0 Å². The smallest absolute Gasteiger partial charge is 0.0731 e. The second-order valence-corrected chi connectivity index (χ2v) is 4.02. The number of hydrogen-bond acceptors (Lipinski definition) is 1. The van der Waals surface area contributed by atoms with Crippen LogP contribution in [-0.4, -0.2) is 11.2 Å². The van der Waals surface area contributed by atoms with Crippen LogP contribution in [0.2, 0.25) is 0 Å². The van der Waals surface area contributed by atoms with Crippen molar-refractivity contribution in [2.75, 3.05) is 0 Å². The molecule has 0 saturated carbocycles. The van der Waals surface area contributed by atoms with E-state index >= 15 is 0 Å². The normalized spacial score (nSPS) is 14.2. The van der Waals surface area contributed by atoms with Gasteiger partial charge in [-0.1, -0.05) is 37.3 Å². The Labute approximate surface area is 92.6 Å². The second-order valence-electron chi connectivity index (χ2n) is 2.86. The van der Waals surface area contributed by atoms with Gasteiger partial charge in [0.05, 0.1) is 6.10 Å². The maximum atomic E-state index is 9.41. The van der Waals surface area contributed by atoms with Gasteiger partial charge >= 0.3 is 0 Å². The third-order valence-corrected chi connectivity index (χ3v) is 2.79. The van der Waals surface area contributed by atoms with Crippen LogP contribution in [0.15, 0.2) is 36.4 Å². The summed E-state index contributed by atoms with van der Waals surface area (Å²) in [7, 11) is 0. The molecule has 0 saturated heterocycles. The molecule has 1 atom stereocenters. The minimum atomic E-state index is -0.327. The lowest BCUT2D eigenvalue weighted by atomic mass is 10.2. The predicted molar refractivity (Wildman–Crippen MR) is 64.7 cm³/mol. The molecule has 1 unspecified atom stereocenters. The first kappa shape index (κ1) is 10.7. The Balaban J connectivity index is 2.79. The minimum Gasteiger partial charge on any atom is -0.389 e. The Hall–Kier alpha value is -0.350. The van der Waals surface area contributed by atoms with E-state index in [1.807, 2.05) is 43.3 Å². The van der Waals surface area contributed by atoms with Gasteiger partial charge in [0.1, 0.15) is 0 Å². The molecule has 1 N–H and O–H groups in total. The van der Waals surface area contributed by atoms with Gasteiger partial charge in [-0.25, -0.2) is 0 Å². The fourth-order valence-electron chi connectivity index (χ4n) is 0.980. The monoisotopic (exact) mass is 288 g/mol. The summed E-state index contributed by atoms with van der Waals surface area (Å²) in [5, 5.41) is 9.41. The lowest BCUT2D eigenvalue weighted by Gasteiger charge is -2.03. The molecule has 0 heterocycles. The molecule has 0 amide bonds. The van der Waals surface area contributed by atoms with E-state index in [2.05, 4.69) is 22.6 Å².